The van der Waals surface area contributed by atoms with Crippen molar-refractivity contribution in [2.24, 2.45) is 0 Å². The van der Waals surface area contributed by atoms with Crippen LogP contribution in [-0.2, 0) is 11.3 Å². The largest absolute Gasteiger partial charge is 0.505 e. The van der Waals surface area contributed by atoms with Crippen LogP contribution >= 0.6 is 0 Å². The molecule has 2 aliphatic rings. The van der Waals surface area contributed by atoms with Gasteiger partial charge in [0.15, 0.2) is 11.6 Å². The highest BCUT2D eigenvalue weighted by Gasteiger charge is 2.38. The van der Waals surface area contributed by atoms with Gasteiger partial charge in [-0.2, -0.15) is 0 Å². The zero-order valence-electron chi connectivity index (χ0n) is 12.2. The van der Waals surface area contributed by atoms with Crippen molar-refractivity contribution < 1.29 is 19.0 Å². The van der Waals surface area contributed by atoms with Gasteiger partial charge < -0.3 is 14.7 Å². The summed E-state index contributed by atoms with van der Waals surface area (Å²) in [5.41, 5.74) is 1.15. The number of phenolic OH excluding ortho intramolecular Hbond substituents is 1. The van der Waals surface area contributed by atoms with Gasteiger partial charge in [0.1, 0.15) is 0 Å². The number of likely N-dealkylation sites (tertiary alicyclic amines) is 1. The molecule has 0 aliphatic carbocycles. The number of ether oxygens (including phenoxy) is 1. The Bertz CT molecular complexity index is 763. The lowest BCUT2D eigenvalue weighted by molar-refractivity contribution is -0.0605. The summed E-state index contributed by atoms with van der Waals surface area (Å²) in [5, 5.41) is 17.4. The van der Waals surface area contributed by atoms with Gasteiger partial charge in [0, 0.05) is 18.7 Å². The van der Waals surface area contributed by atoms with E-state index in [9.17, 15) is 14.3 Å². The Morgan fingerprint density at radius 2 is 2.30 bits per heavy atom. The third-order valence-corrected chi connectivity index (χ3v) is 4.41. The summed E-state index contributed by atoms with van der Waals surface area (Å²) < 4.78 is 20.8. The lowest BCUT2D eigenvalue weighted by Gasteiger charge is -2.41. The molecule has 1 aromatic heterocycles. The van der Waals surface area contributed by atoms with E-state index in [1.165, 1.54) is 6.07 Å². The minimum atomic E-state index is -0.742. The molecular formula is C15H15FN4O3. The molecular weight excluding hydrogens is 303 g/mol. The van der Waals surface area contributed by atoms with Crippen molar-refractivity contribution in [2.45, 2.75) is 25.2 Å². The van der Waals surface area contributed by atoms with Gasteiger partial charge in [-0.05, 0) is 24.6 Å². The quantitative estimate of drug-likeness (QED) is 0.852. The van der Waals surface area contributed by atoms with Crippen molar-refractivity contribution in [3.05, 3.63) is 41.5 Å². The monoisotopic (exact) mass is 318 g/mol. The van der Waals surface area contributed by atoms with Crippen LogP contribution in [0.15, 0.2) is 24.4 Å². The fourth-order valence-electron chi connectivity index (χ4n) is 3.19. The standard InChI is InChI=1S/C15H15FN4O3/c16-11-2-1-9(5-13(11)21)15(22)19-4-3-14-12(7-19)20-10(8-23-14)6-17-18-20/h1-2,5-6,12,14,21H,3-4,7-8H2/t12-,14+/m1/s1. The Kier molecular flexibility index (Phi) is 3.26. The molecule has 3 heterocycles. The van der Waals surface area contributed by atoms with Crippen LogP contribution in [0.5, 0.6) is 5.75 Å². The first-order valence-electron chi connectivity index (χ1n) is 7.42. The van der Waals surface area contributed by atoms with Gasteiger partial charge in [0.25, 0.3) is 5.91 Å². The summed E-state index contributed by atoms with van der Waals surface area (Å²) in [4.78, 5) is 14.3. The molecule has 7 nitrogen and oxygen atoms in total. The number of phenols is 1. The van der Waals surface area contributed by atoms with Crippen LogP contribution in [0.2, 0.25) is 0 Å². The van der Waals surface area contributed by atoms with Crippen LogP contribution in [-0.4, -0.2) is 50.1 Å². The number of carbonyl (C=O) groups excluding carboxylic acids is 1. The maximum Gasteiger partial charge on any atom is 0.254 e. The summed E-state index contributed by atoms with van der Waals surface area (Å²) in [5.74, 6) is -1.51. The normalized spacial score (nSPS) is 23.3. The number of amides is 1. The van der Waals surface area contributed by atoms with Crippen LogP contribution in [0.25, 0.3) is 0 Å². The predicted molar refractivity (Wildman–Crippen MR) is 76.2 cm³/mol. The minimum Gasteiger partial charge on any atom is -0.505 e. The second-order valence-corrected chi connectivity index (χ2v) is 5.79. The number of halogens is 1. The highest BCUT2D eigenvalue weighted by molar-refractivity contribution is 5.94. The van der Waals surface area contributed by atoms with Gasteiger partial charge >= 0.3 is 0 Å². The Labute approximate surface area is 131 Å². The lowest BCUT2D eigenvalue weighted by atomic mass is 9.99. The zero-order valence-corrected chi connectivity index (χ0v) is 12.2. The zero-order chi connectivity index (χ0) is 16.0. The molecule has 1 amide bonds. The van der Waals surface area contributed by atoms with E-state index in [1.54, 1.807) is 11.1 Å². The van der Waals surface area contributed by atoms with Crippen molar-refractivity contribution in [3.8, 4) is 5.75 Å². The number of rotatable bonds is 1. The second-order valence-electron chi connectivity index (χ2n) is 5.79. The molecule has 1 fully saturated rings. The third kappa shape index (κ3) is 2.35. The summed E-state index contributed by atoms with van der Waals surface area (Å²) in [6.07, 6.45) is 2.37. The smallest absolute Gasteiger partial charge is 0.254 e. The summed E-state index contributed by atoms with van der Waals surface area (Å²) in [6, 6.07) is 3.55. The average molecular weight is 318 g/mol. The fourth-order valence-corrected chi connectivity index (χ4v) is 3.19. The molecule has 0 unspecified atom stereocenters. The number of hydrogen-bond acceptors (Lipinski definition) is 5. The molecule has 0 bridgehead atoms. The summed E-state index contributed by atoms with van der Waals surface area (Å²) in [6.45, 7) is 1.47. The molecule has 2 aliphatic heterocycles. The third-order valence-electron chi connectivity index (χ3n) is 4.41. The van der Waals surface area contributed by atoms with Crippen LogP contribution < -0.4 is 0 Å². The molecule has 2 aromatic rings. The van der Waals surface area contributed by atoms with Gasteiger partial charge in [0.2, 0.25) is 0 Å². The number of aromatic hydroxyl groups is 1. The molecule has 0 saturated carbocycles. The van der Waals surface area contributed by atoms with Crippen molar-refractivity contribution in [2.75, 3.05) is 13.1 Å². The van der Waals surface area contributed by atoms with E-state index in [0.717, 1.165) is 17.8 Å². The van der Waals surface area contributed by atoms with Crippen molar-refractivity contribution >= 4 is 5.91 Å². The van der Waals surface area contributed by atoms with Crippen LogP contribution in [0.4, 0.5) is 4.39 Å². The molecule has 1 N–H and O–H groups in total. The molecule has 1 aromatic carbocycles. The molecule has 0 radical (unpaired) electrons. The summed E-state index contributed by atoms with van der Waals surface area (Å²) in [7, 11) is 0. The lowest BCUT2D eigenvalue weighted by Crippen LogP contribution is -2.49. The number of nitrogens with zero attached hydrogens (tertiary/aromatic N) is 4. The van der Waals surface area contributed by atoms with Crippen molar-refractivity contribution in [1.29, 1.82) is 0 Å². The fraction of sp³-hybridized carbons (Fsp3) is 0.400. The Morgan fingerprint density at radius 3 is 3.13 bits per heavy atom. The first-order chi connectivity index (χ1) is 11.1. The Hall–Kier alpha value is -2.48. The van der Waals surface area contributed by atoms with Gasteiger partial charge in [-0.3, -0.25) is 4.79 Å². The van der Waals surface area contributed by atoms with Crippen LogP contribution in [0.3, 0.4) is 0 Å². The van der Waals surface area contributed by atoms with Crippen molar-refractivity contribution in [1.82, 2.24) is 19.9 Å². The maximum absolute atomic E-state index is 13.1. The number of benzene rings is 1. The first-order valence-corrected chi connectivity index (χ1v) is 7.42. The average Bonchev–Trinajstić information content (AvgIpc) is 3.05. The topological polar surface area (TPSA) is 80.5 Å². The van der Waals surface area contributed by atoms with E-state index in [1.807, 2.05) is 4.68 Å². The van der Waals surface area contributed by atoms with Gasteiger partial charge in [-0.15, -0.1) is 5.10 Å². The SMILES string of the molecule is O=C(c1ccc(F)c(O)c1)N1CC[C@@H]2OCc3cnnn3[C@@H]2C1. The van der Waals surface area contributed by atoms with Crippen molar-refractivity contribution in [3.63, 3.8) is 0 Å². The number of piperidine rings is 1. The molecule has 120 valence electrons. The van der Waals surface area contributed by atoms with E-state index in [2.05, 4.69) is 10.3 Å². The van der Waals surface area contributed by atoms with Crippen LogP contribution in [0.1, 0.15) is 28.5 Å². The highest BCUT2D eigenvalue weighted by Crippen LogP contribution is 2.31. The Morgan fingerprint density at radius 1 is 1.43 bits per heavy atom. The highest BCUT2D eigenvalue weighted by atomic mass is 19.1. The minimum absolute atomic E-state index is 0.00914. The van der Waals surface area contributed by atoms with Crippen LogP contribution in [0, 0.1) is 5.82 Å². The molecule has 23 heavy (non-hydrogen) atoms. The van der Waals surface area contributed by atoms with Gasteiger partial charge in [-0.25, -0.2) is 9.07 Å². The number of aromatic nitrogens is 3. The van der Waals surface area contributed by atoms with E-state index in [4.69, 9.17) is 4.74 Å². The first kappa shape index (κ1) is 14.1. The molecule has 4 rings (SSSR count). The van der Waals surface area contributed by atoms with Gasteiger partial charge in [0.05, 0.1) is 30.6 Å². The molecule has 1 saturated heterocycles. The number of carbonyl (C=O) groups is 1. The molecule has 2 atom stereocenters. The maximum atomic E-state index is 13.1. The van der Waals surface area contributed by atoms with E-state index in [-0.39, 0.29) is 23.6 Å². The van der Waals surface area contributed by atoms with Gasteiger partial charge in [-0.1, -0.05) is 5.21 Å². The summed E-state index contributed by atoms with van der Waals surface area (Å²) >= 11 is 0. The van der Waals surface area contributed by atoms with E-state index < -0.39 is 11.6 Å². The Balaban J connectivity index is 1.57. The molecule has 8 heteroatoms. The number of fused-ring (bicyclic) bond motifs is 3. The predicted octanol–water partition coefficient (Wildman–Crippen LogP) is 1.11. The molecule has 0 spiro atoms. The van der Waals surface area contributed by atoms with E-state index in [0.29, 0.717) is 26.1 Å². The second kappa shape index (κ2) is 5.31. The number of hydrogen-bond donors (Lipinski definition) is 1. The van der Waals surface area contributed by atoms with E-state index >= 15 is 0 Å².